The topological polar surface area (TPSA) is 6.48 Å². The van der Waals surface area contributed by atoms with E-state index < -0.39 is 8.40 Å². The summed E-state index contributed by atoms with van der Waals surface area (Å²) >= 11 is 0. The van der Waals surface area contributed by atoms with Gasteiger partial charge in [-0.05, 0) is 25.8 Å². The SMILES string of the molecule is CN1CCN(C)[Si]1(C)c1ccccc1. The van der Waals surface area contributed by atoms with Crippen molar-refractivity contribution in [3.63, 3.8) is 0 Å². The van der Waals surface area contributed by atoms with Crippen molar-refractivity contribution in [2.24, 2.45) is 0 Å². The van der Waals surface area contributed by atoms with E-state index in [9.17, 15) is 0 Å². The fraction of sp³-hybridized carbons (Fsp3) is 0.455. The zero-order valence-electron chi connectivity index (χ0n) is 9.20. The molecular formula is C11H18N2Si. The molecule has 0 spiro atoms. The van der Waals surface area contributed by atoms with Crippen molar-refractivity contribution in [2.45, 2.75) is 6.55 Å². The highest BCUT2D eigenvalue weighted by Crippen LogP contribution is 2.18. The Morgan fingerprint density at radius 2 is 1.50 bits per heavy atom. The Balaban J connectivity index is 2.40. The highest BCUT2D eigenvalue weighted by atomic mass is 28.3. The molecule has 0 aliphatic carbocycles. The molecule has 1 heterocycles. The van der Waals surface area contributed by atoms with Crippen LogP contribution in [0.25, 0.3) is 0 Å². The summed E-state index contributed by atoms with van der Waals surface area (Å²) < 4.78 is 5.09. The molecule has 0 aromatic heterocycles. The number of benzene rings is 1. The molecule has 3 heteroatoms. The minimum Gasteiger partial charge on any atom is -0.310 e. The van der Waals surface area contributed by atoms with E-state index in [-0.39, 0.29) is 0 Å². The molecule has 0 atom stereocenters. The minimum atomic E-state index is -1.50. The highest BCUT2D eigenvalue weighted by molar-refractivity contribution is 6.86. The van der Waals surface area contributed by atoms with Gasteiger partial charge in [-0.15, -0.1) is 0 Å². The van der Waals surface area contributed by atoms with Crippen molar-refractivity contribution in [3.05, 3.63) is 30.3 Å². The largest absolute Gasteiger partial charge is 0.310 e. The summed E-state index contributed by atoms with van der Waals surface area (Å²) in [7, 11) is 3.00. The van der Waals surface area contributed by atoms with Crippen LogP contribution < -0.4 is 5.19 Å². The van der Waals surface area contributed by atoms with Crippen LogP contribution in [0.1, 0.15) is 0 Å². The number of hydrogen-bond acceptors (Lipinski definition) is 2. The third-order valence-corrected chi connectivity index (χ3v) is 8.43. The minimum absolute atomic E-state index is 1.20. The zero-order chi connectivity index (χ0) is 10.2. The average molecular weight is 206 g/mol. The monoisotopic (exact) mass is 206 g/mol. The van der Waals surface area contributed by atoms with Crippen molar-refractivity contribution < 1.29 is 0 Å². The number of hydrogen-bond donors (Lipinski definition) is 0. The molecule has 1 fully saturated rings. The van der Waals surface area contributed by atoms with Gasteiger partial charge < -0.3 is 9.13 Å². The fourth-order valence-corrected chi connectivity index (χ4v) is 5.58. The van der Waals surface area contributed by atoms with Gasteiger partial charge in [0.05, 0.1) is 0 Å². The smallest absolute Gasteiger partial charge is 0.236 e. The molecule has 0 radical (unpaired) electrons. The molecule has 1 aliphatic rings. The standard InChI is InChI=1S/C11H18N2Si/c1-12-9-10-13(2)14(12,3)11-7-5-4-6-8-11/h4-8H,9-10H2,1-3H3. The van der Waals surface area contributed by atoms with Crippen LogP contribution in [0.4, 0.5) is 0 Å². The third-order valence-electron chi connectivity index (χ3n) is 3.58. The maximum absolute atomic E-state index is 2.54. The average Bonchev–Trinajstić information content (AvgIpc) is 2.49. The Labute approximate surface area is 87.3 Å². The third kappa shape index (κ3) is 1.32. The van der Waals surface area contributed by atoms with Gasteiger partial charge in [-0.1, -0.05) is 30.3 Å². The summed E-state index contributed by atoms with van der Waals surface area (Å²) in [6.07, 6.45) is 0. The van der Waals surface area contributed by atoms with Gasteiger partial charge >= 0.3 is 0 Å². The lowest BCUT2D eigenvalue weighted by atomic mass is 10.4. The van der Waals surface area contributed by atoms with Crippen LogP contribution in [0.15, 0.2) is 30.3 Å². The molecule has 76 valence electrons. The highest BCUT2D eigenvalue weighted by Gasteiger charge is 2.43. The lowest BCUT2D eigenvalue weighted by Gasteiger charge is -2.34. The van der Waals surface area contributed by atoms with E-state index in [1.165, 1.54) is 18.3 Å². The fourth-order valence-electron chi connectivity index (χ4n) is 2.22. The lowest BCUT2D eigenvalue weighted by Crippen LogP contribution is -2.63. The Morgan fingerprint density at radius 3 is 2.00 bits per heavy atom. The maximum atomic E-state index is 2.54. The molecule has 0 bridgehead atoms. The van der Waals surface area contributed by atoms with Crippen LogP contribution in [0.5, 0.6) is 0 Å². The zero-order valence-corrected chi connectivity index (χ0v) is 10.2. The van der Waals surface area contributed by atoms with E-state index in [4.69, 9.17) is 0 Å². The lowest BCUT2D eigenvalue weighted by molar-refractivity contribution is 0.553. The molecule has 1 aliphatic heterocycles. The molecule has 0 amide bonds. The van der Waals surface area contributed by atoms with E-state index >= 15 is 0 Å². The van der Waals surface area contributed by atoms with Gasteiger partial charge in [0.25, 0.3) is 0 Å². The molecule has 0 unspecified atom stereocenters. The molecule has 0 N–H and O–H groups in total. The summed E-state index contributed by atoms with van der Waals surface area (Å²) in [6, 6.07) is 10.9. The predicted octanol–water partition coefficient (Wildman–Crippen LogP) is 0.843. The first-order valence-corrected chi connectivity index (χ1v) is 7.53. The summed E-state index contributed by atoms with van der Waals surface area (Å²) in [5, 5.41) is 1.52. The van der Waals surface area contributed by atoms with Gasteiger partial charge in [-0.25, -0.2) is 0 Å². The Kier molecular flexibility index (Phi) is 2.47. The molecule has 1 aromatic carbocycles. The van der Waals surface area contributed by atoms with E-state index in [0.29, 0.717) is 0 Å². The van der Waals surface area contributed by atoms with Crippen LogP contribution in [-0.4, -0.2) is 44.7 Å². The number of rotatable bonds is 1. The quantitative estimate of drug-likeness (QED) is 0.628. The molecule has 1 aromatic rings. The first kappa shape index (κ1) is 9.89. The van der Waals surface area contributed by atoms with Crippen molar-refractivity contribution in [1.29, 1.82) is 0 Å². The Morgan fingerprint density at radius 1 is 1.00 bits per heavy atom. The van der Waals surface area contributed by atoms with E-state index in [2.05, 4.69) is 60.1 Å². The van der Waals surface area contributed by atoms with Gasteiger partial charge in [0.15, 0.2) is 0 Å². The second-order valence-corrected chi connectivity index (χ2v) is 8.38. The van der Waals surface area contributed by atoms with Crippen molar-refractivity contribution in [3.8, 4) is 0 Å². The maximum Gasteiger partial charge on any atom is 0.236 e. The van der Waals surface area contributed by atoms with Crippen molar-refractivity contribution in [1.82, 2.24) is 9.13 Å². The van der Waals surface area contributed by atoms with Gasteiger partial charge in [-0.3, -0.25) is 0 Å². The number of likely N-dealkylation sites (N-methyl/N-ethyl adjacent to an activating group) is 2. The van der Waals surface area contributed by atoms with Crippen molar-refractivity contribution in [2.75, 3.05) is 27.2 Å². The molecular weight excluding hydrogens is 188 g/mol. The van der Waals surface area contributed by atoms with Crippen LogP contribution in [0.2, 0.25) is 6.55 Å². The van der Waals surface area contributed by atoms with Crippen molar-refractivity contribution >= 4 is 13.6 Å². The van der Waals surface area contributed by atoms with Crippen LogP contribution >= 0.6 is 0 Å². The first-order chi connectivity index (χ1) is 6.65. The molecule has 2 nitrogen and oxygen atoms in total. The normalized spacial score (nSPS) is 22.8. The van der Waals surface area contributed by atoms with Crippen LogP contribution in [0, 0.1) is 0 Å². The first-order valence-electron chi connectivity index (χ1n) is 5.13. The molecule has 2 rings (SSSR count). The van der Waals surface area contributed by atoms with Gasteiger partial charge in [0, 0.05) is 13.1 Å². The molecule has 14 heavy (non-hydrogen) atoms. The van der Waals surface area contributed by atoms with Gasteiger partial charge in [0.2, 0.25) is 8.40 Å². The predicted molar refractivity (Wildman–Crippen MR) is 63.0 cm³/mol. The second-order valence-electron chi connectivity index (χ2n) is 4.23. The summed E-state index contributed by atoms with van der Waals surface area (Å²) in [4.78, 5) is 0. The Bertz CT molecular complexity index is 302. The summed E-state index contributed by atoms with van der Waals surface area (Å²) in [5.41, 5.74) is 0. The van der Waals surface area contributed by atoms with Gasteiger partial charge in [-0.2, -0.15) is 0 Å². The van der Waals surface area contributed by atoms with Gasteiger partial charge in [0.1, 0.15) is 0 Å². The summed E-state index contributed by atoms with van der Waals surface area (Å²) in [5.74, 6) is 0. The van der Waals surface area contributed by atoms with Crippen LogP contribution in [-0.2, 0) is 0 Å². The van der Waals surface area contributed by atoms with E-state index in [1.54, 1.807) is 0 Å². The number of nitrogens with zero attached hydrogens (tertiary/aromatic N) is 2. The van der Waals surface area contributed by atoms with Crippen LogP contribution in [0.3, 0.4) is 0 Å². The second kappa shape index (κ2) is 3.49. The molecule has 1 saturated heterocycles. The summed E-state index contributed by atoms with van der Waals surface area (Å²) in [6.45, 7) is 4.83. The van der Waals surface area contributed by atoms with E-state index in [1.807, 2.05) is 0 Å². The molecule has 0 saturated carbocycles. The van der Waals surface area contributed by atoms with E-state index in [0.717, 1.165) is 0 Å². The Hall–Kier alpha value is -0.643.